The van der Waals surface area contributed by atoms with E-state index in [1.54, 1.807) is 0 Å². The molecular weight excluding hydrogens is 214 g/mol. The van der Waals surface area contributed by atoms with E-state index >= 15 is 0 Å². The fourth-order valence-electron chi connectivity index (χ4n) is 1.94. The van der Waals surface area contributed by atoms with E-state index < -0.39 is 0 Å². The third-order valence-corrected chi connectivity index (χ3v) is 2.68. The van der Waals surface area contributed by atoms with Crippen LogP contribution in [0, 0.1) is 0 Å². The van der Waals surface area contributed by atoms with E-state index in [2.05, 4.69) is 27.9 Å². The number of para-hydroxylation sites is 2. The van der Waals surface area contributed by atoms with Crippen LogP contribution in [0.15, 0.2) is 24.3 Å². The molecule has 0 spiro atoms. The van der Waals surface area contributed by atoms with E-state index in [1.807, 2.05) is 18.2 Å². The molecule has 0 aliphatic rings. The number of carbonyl (C=O) groups excluding carboxylic acids is 1. The summed E-state index contributed by atoms with van der Waals surface area (Å²) in [5, 5.41) is 2.80. The largest absolute Gasteiger partial charge is 0.349 e. The number of aromatic nitrogens is 2. The van der Waals surface area contributed by atoms with Gasteiger partial charge in [-0.3, -0.25) is 4.79 Å². The van der Waals surface area contributed by atoms with Gasteiger partial charge in [-0.05, 0) is 18.6 Å². The van der Waals surface area contributed by atoms with Crippen LogP contribution < -0.4 is 5.32 Å². The second-order valence-electron chi connectivity index (χ2n) is 4.08. The summed E-state index contributed by atoms with van der Waals surface area (Å²) in [5.74, 6) is 0.892. The quantitative estimate of drug-likeness (QED) is 0.875. The lowest BCUT2D eigenvalue weighted by Crippen LogP contribution is -2.21. The number of nitrogens with zero attached hydrogens (tertiary/aromatic N) is 2. The van der Waals surface area contributed by atoms with Crippen LogP contribution in [0.2, 0.25) is 0 Å². The first kappa shape index (κ1) is 11.6. The van der Waals surface area contributed by atoms with E-state index in [0.29, 0.717) is 6.54 Å². The SMILES string of the molecule is CCCn1c(CNC(C)=O)nc2ccccc21. The van der Waals surface area contributed by atoms with Gasteiger partial charge in [0.1, 0.15) is 5.82 Å². The topological polar surface area (TPSA) is 46.9 Å². The van der Waals surface area contributed by atoms with Gasteiger partial charge < -0.3 is 9.88 Å². The number of nitrogens with one attached hydrogen (secondary N) is 1. The average molecular weight is 231 g/mol. The Hall–Kier alpha value is -1.84. The fourth-order valence-corrected chi connectivity index (χ4v) is 1.94. The zero-order valence-electron chi connectivity index (χ0n) is 10.2. The molecule has 1 N–H and O–H groups in total. The van der Waals surface area contributed by atoms with E-state index in [9.17, 15) is 4.79 Å². The molecule has 17 heavy (non-hydrogen) atoms. The Labute approximate surface area is 101 Å². The number of aryl methyl sites for hydroxylation is 1. The Balaban J connectivity index is 2.38. The van der Waals surface area contributed by atoms with Crippen LogP contribution in [0.4, 0.5) is 0 Å². The Morgan fingerprint density at radius 2 is 2.18 bits per heavy atom. The molecule has 0 saturated carbocycles. The van der Waals surface area contributed by atoms with Crippen LogP contribution >= 0.6 is 0 Å². The number of amides is 1. The lowest BCUT2D eigenvalue weighted by Gasteiger charge is -2.07. The van der Waals surface area contributed by atoms with E-state index in [0.717, 1.165) is 29.8 Å². The van der Waals surface area contributed by atoms with Gasteiger partial charge in [-0.1, -0.05) is 19.1 Å². The van der Waals surface area contributed by atoms with Crippen molar-refractivity contribution in [3.8, 4) is 0 Å². The summed E-state index contributed by atoms with van der Waals surface area (Å²) in [6.45, 7) is 5.07. The highest BCUT2D eigenvalue weighted by Crippen LogP contribution is 2.16. The van der Waals surface area contributed by atoms with Gasteiger partial charge in [0, 0.05) is 13.5 Å². The van der Waals surface area contributed by atoms with E-state index in [4.69, 9.17) is 0 Å². The molecule has 0 radical (unpaired) electrons. The van der Waals surface area contributed by atoms with Crippen molar-refractivity contribution in [2.75, 3.05) is 0 Å². The maximum absolute atomic E-state index is 11.0. The number of hydrogen-bond donors (Lipinski definition) is 1. The minimum Gasteiger partial charge on any atom is -0.349 e. The summed E-state index contributed by atoms with van der Waals surface area (Å²) in [6, 6.07) is 8.06. The van der Waals surface area contributed by atoms with Crippen LogP contribution in [0.5, 0.6) is 0 Å². The minimum absolute atomic E-state index is 0.0277. The van der Waals surface area contributed by atoms with Crippen molar-refractivity contribution in [1.82, 2.24) is 14.9 Å². The van der Waals surface area contributed by atoms with Crippen molar-refractivity contribution in [2.24, 2.45) is 0 Å². The number of hydrogen-bond acceptors (Lipinski definition) is 2. The first-order valence-electron chi connectivity index (χ1n) is 5.91. The Kier molecular flexibility index (Phi) is 3.42. The third kappa shape index (κ3) is 2.46. The van der Waals surface area contributed by atoms with E-state index in [1.165, 1.54) is 6.92 Å². The molecular formula is C13H17N3O. The van der Waals surface area contributed by atoms with Crippen LogP contribution in [0.1, 0.15) is 26.1 Å². The summed E-state index contributed by atoms with van der Waals surface area (Å²) < 4.78 is 2.17. The van der Waals surface area contributed by atoms with Gasteiger partial charge in [-0.15, -0.1) is 0 Å². The van der Waals surface area contributed by atoms with E-state index in [-0.39, 0.29) is 5.91 Å². The fraction of sp³-hybridized carbons (Fsp3) is 0.385. The molecule has 2 rings (SSSR count). The molecule has 0 fully saturated rings. The molecule has 2 aromatic rings. The molecule has 4 nitrogen and oxygen atoms in total. The van der Waals surface area contributed by atoms with Gasteiger partial charge in [0.05, 0.1) is 17.6 Å². The van der Waals surface area contributed by atoms with Gasteiger partial charge in [0.15, 0.2) is 0 Å². The van der Waals surface area contributed by atoms with Crippen molar-refractivity contribution in [2.45, 2.75) is 33.4 Å². The van der Waals surface area contributed by atoms with Crippen molar-refractivity contribution in [3.63, 3.8) is 0 Å². The number of imidazole rings is 1. The maximum atomic E-state index is 11.0. The smallest absolute Gasteiger partial charge is 0.217 e. The number of benzene rings is 1. The average Bonchev–Trinajstić information content (AvgIpc) is 2.66. The second-order valence-corrected chi connectivity index (χ2v) is 4.08. The molecule has 0 saturated heterocycles. The molecule has 0 bridgehead atoms. The van der Waals surface area contributed by atoms with Crippen LogP contribution in [-0.2, 0) is 17.9 Å². The molecule has 1 aromatic carbocycles. The van der Waals surface area contributed by atoms with Gasteiger partial charge >= 0.3 is 0 Å². The van der Waals surface area contributed by atoms with Crippen LogP contribution in [0.3, 0.4) is 0 Å². The summed E-state index contributed by atoms with van der Waals surface area (Å²) in [6.07, 6.45) is 1.05. The number of carbonyl (C=O) groups is 1. The second kappa shape index (κ2) is 4.99. The highest BCUT2D eigenvalue weighted by Gasteiger charge is 2.09. The zero-order chi connectivity index (χ0) is 12.3. The maximum Gasteiger partial charge on any atom is 0.217 e. The lowest BCUT2D eigenvalue weighted by atomic mass is 10.3. The van der Waals surface area contributed by atoms with Gasteiger partial charge in [0.25, 0.3) is 0 Å². The predicted octanol–water partition coefficient (Wildman–Crippen LogP) is 2.08. The zero-order valence-corrected chi connectivity index (χ0v) is 10.2. The summed E-state index contributed by atoms with van der Waals surface area (Å²) >= 11 is 0. The number of fused-ring (bicyclic) bond motifs is 1. The molecule has 90 valence electrons. The first-order valence-corrected chi connectivity index (χ1v) is 5.91. The summed E-state index contributed by atoms with van der Waals surface area (Å²) in [5.41, 5.74) is 2.12. The highest BCUT2D eigenvalue weighted by molar-refractivity contribution is 5.76. The standard InChI is InChI=1S/C13H17N3O/c1-3-8-16-12-7-5-4-6-11(12)15-13(16)9-14-10(2)17/h4-7H,3,8-9H2,1-2H3,(H,14,17). The monoisotopic (exact) mass is 231 g/mol. The van der Waals surface area contributed by atoms with Crippen LogP contribution in [0.25, 0.3) is 11.0 Å². The molecule has 1 amide bonds. The summed E-state index contributed by atoms with van der Waals surface area (Å²) in [7, 11) is 0. The van der Waals surface area contributed by atoms with Gasteiger partial charge in [-0.2, -0.15) is 0 Å². The molecule has 1 aromatic heterocycles. The molecule has 0 unspecified atom stereocenters. The highest BCUT2D eigenvalue weighted by atomic mass is 16.1. The van der Waals surface area contributed by atoms with Crippen LogP contribution in [-0.4, -0.2) is 15.5 Å². The third-order valence-electron chi connectivity index (χ3n) is 2.68. The lowest BCUT2D eigenvalue weighted by molar-refractivity contribution is -0.119. The van der Waals surface area contributed by atoms with Gasteiger partial charge in [0.2, 0.25) is 5.91 Å². The molecule has 4 heteroatoms. The minimum atomic E-state index is -0.0277. The Bertz CT molecular complexity index is 530. The van der Waals surface area contributed by atoms with Crippen molar-refractivity contribution >= 4 is 16.9 Å². The first-order chi connectivity index (χ1) is 8.22. The normalized spacial score (nSPS) is 10.7. The van der Waals surface area contributed by atoms with Crippen molar-refractivity contribution in [3.05, 3.63) is 30.1 Å². The van der Waals surface area contributed by atoms with Crippen molar-refractivity contribution < 1.29 is 4.79 Å². The summed E-state index contributed by atoms with van der Waals surface area (Å²) in [4.78, 5) is 15.5. The Morgan fingerprint density at radius 3 is 2.88 bits per heavy atom. The van der Waals surface area contributed by atoms with Crippen molar-refractivity contribution in [1.29, 1.82) is 0 Å². The molecule has 0 aliphatic carbocycles. The predicted molar refractivity (Wildman–Crippen MR) is 67.5 cm³/mol. The molecule has 0 atom stereocenters. The number of rotatable bonds is 4. The Morgan fingerprint density at radius 1 is 1.41 bits per heavy atom. The molecule has 1 heterocycles. The molecule has 0 aliphatic heterocycles. The van der Waals surface area contributed by atoms with Gasteiger partial charge in [-0.25, -0.2) is 4.98 Å².